The van der Waals surface area contributed by atoms with Gasteiger partial charge in [0.05, 0.1) is 18.1 Å². The molecular formula is C43H49N5O7S. The first-order chi connectivity index (χ1) is 27.1. The molecule has 0 radical (unpaired) electrons. The summed E-state index contributed by atoms with van der Waals surface area (Å²) in [6.07, 6.45) is 5.63. The Kier molecular flexibility index (Phi) is 13.1. The second-order valence-electron chi connectivity index (χ2n) is 14.1. The number of fused-ring (bicyclic) bond motifs is 2. The average Bonchev–Trinajstić information content (AvgIpc) is 3.65. The molecule has 2 heterocycles. The first kappa shape index (κ1) is 40.5. The lowest BCUT2D eigenvalue weighted by atomic mass is 9.86. The summed E-state index contributed by atoms with van der Waals surface area (Å²) in [6.45, 7) is 6.30. The summed E-state index contributed by atoms with van der Waals surface area (Å²) in [4.78, 5) is 49.2. The summed E-state index contributed by atoms with van der Waals surface area (Å²) in [7, 11) is -2.73. The van der Waals surface area contributed by atoms with Crippen LogP contribution in [0.4, 0.5) is 0 Å². The van der Waals surface area contributed by atoms with Crippen molar-refractivity contribution in [1.82, 2.24) is 24.5 Å². The zero-order valence-electron chi connectivity index (χ0n) is 32.1. The van der Waals surface area contributed by atoms with Gasteiger partial charge in [-0.05, 0) is 71.5 Å². The number of aromatic nitrogens is 2. The number of methoxy groups -OCH3 is 1. The van der Waals surface area contributed by atoms with E-state index in [1.807, 2.05) is 23.1 Å². The largest absolute Gasteiger partial charge is 0.395 e. The standard InChI is InChI=1S/C43H49N5O7S/c1-4-6-19-47(20-7-5-2)43(52)39-27-48(21-22-55-3)41(45-39)36-18-16-31(42(51)46-56(53,54)34-17-15-29-11-8-9-12-30(29)23-34)24-38(36)40(50)35-14-10-13-32-26-44-33(28-49)25-37(32)35/h8-18,23-24,27,33,44,49H,4-7,19-22,25-26,28H2,1-3H3,(H,46,51). The van der Waals surface area contributed by atoms with Crippen LogP contribution in [0.1, 0.15) is 87.4 Å². The molecule has 294 valence electrons. The summed E-state index contributed by atoms with van der Waals surface area (Å²) in [5, 5.41) is 14.8. The van der Waals surface area contributed by atoms with Crippen molar-refractivity contribution in [3.63, 3.8) is 0 Å². The molecule has 1 aliphatic heterocycles. The van der Waals surface area contributed by atoms with Gasteiger partial charge >= 0.3 is 0 Å². The maximum atomic E-state index is 14.9. The van der Waals surface area contributed by atoms with Crippen LogP contribution in [0.15, 0.2) is 90.0 Å². The number of ether oxygens (including phenoxy) is 1. The van der Waals surface area contributed by atoms with E-state index in [2.05, 4.69) is 23.9 Å². The molecule has 2 amide bonds. The van der Waals surface area contributed by atoms with E-state index in [-0.39, 0.29) is 40.3 Å². The summed E-state index contributed by atoms with van der Waals surface area (Å²) < 4.78 is 36.4. The number of rotatable bonds is 17. The first-order valence-corrected chi connectivity index (χ1v) is 20.6. The molecule has 6 rings (SSSR count). The van der Waals surface area contributed by atoms with Gasteiger partial charge in [0.2, 0.25) is 0 Å². The highest BCUT2D eigenvalue weighted by molar-refractivity contribution is 7.90. The molecule has 1 unspecified atom stereocenters. The third kappa shape index (κ3) is 8.92. The van der Waals surface area contributed by atoms with Crippen LogP contribution in [-0.2, 0) is 34.3 Å². The van der Waals surface area contributed by atoms with Gasteiger partial charge in [-0.25, -0.2) is 18.1 Å². The van der Waals surface area contributed by atoms with Crippen LogP contribution in [0, 0.1) is 0 Å². The number of nitrogens with zero attached hydrogens (tertiary/aromatic N) is 3. The highest BCUT2D eigenvalue weighted by atomic mass is 32.2. The lowest BCUT2D eigenvalue weighted by Gasteiger charge is -2.26. The number of carbonyl (C=O) groups excluding carboxylic acids is 3. The van der Waals surface area contributed by atoms with Crippen molar-refractivity contribution in [2.75, 3.05) is 33.4 Å². The number of imidazole rings is 1. The van der Waals surface area contributed by atoms with E-state index < -0.39 is 21.7 Å². The van der Waals surface area contributed by atoms with Gasteiger partial charge in [0, 0.05) is 67.8 Å². The number of carbonyl (C=O) groups is 3. The minimum absolute atomic E-state index is 0.0576. The predicted molar refractivity (Wildman–Crippen MR) is 215 cm³/mol. The molecule has 1 aliphatic rings. The van der Waals surface area contributed by atoms with Crippen molar-refractivity contribution in [1.29, 1.82) is 0 Å². The van der Waals surface area contributed by atoms with Gasteiger partial charge in [-0.2, -0.15) is 0 Å². The minimum Gasteiger partial charge on any atom is -0.395 e. The smallest absolute Gasteiger partial charge is 0.274 e. The minimum atomic E-state index is -4.30. The Hall–Kier alpha value is -5.21. The van der Waals surface area contributed by atoms with E-state index in [9.17, 15) is 27.9 Å². The fraction of sp³-hybridized carbons (Fsp3) is 0.349. The highest BCUT2D eigenvalue weighted by Crippen LogP contribution is 2.31. The van der Waals surface area contributed by atoms with Gasteiger partial charge in [0.25, 0.3) is 21.8 Å². The van der Waals surface area contributed by atoms with Crippen molar-refractivity contribution in [2.45, 2.75) is 70.0 Å². The van der Waals surface area contributed by atoms with Crippen molar-refractivity contribution in [2.24, 2.45) is 0 Å². The summed E-state index contributed by atoms with van der Waals surface area (Å²) >= 11 is 0. The van der Waals surface area contributed by atoms with E-state index in [0.717, 1.165) is 42.2 Å². The Morgan fingerprint density at radius 1 is 0.946 bits per heavy atom. The Bertz CT molecular complexity index is 2330. The number of aliphatic hydroxyl groups is 1. The van der Waals surface area contributed by atoms with Crippen LogP contribution in [0.3, 0.4) is 0 Å². The lowest BCUT2D eigenvalue weighted by Crippen LogP contribution is -2.39. The monoisotopic (exact) mass is 779 g/mol. The van der Waals surface area contributed by atoms with E-state index in [0.29, 0.717) is 61.5 Å². The molecule has 13 heteroatoms. The second-order valence-corrected chi connectivity index (χ2v) is 15.8. The molecule has 0 saturated heterocycles. The molecular weight excluding hydrogens is 731 g/mol. The normalized spacial score (nSPS) is 14.0. The number of sulfonamides is 1. The van der Waals surface area contributed by atoms with E-state index in [1.54, 1.807) is 54.3 Å². The number of amides is 2. The Labute approximate surface area is 327 Å². The molecule has 1 atom stereocenters. The summed E-state index contributed by atoms with van der Waals surface area (Å²) in [5.74, 6) is -1.22. The second kappa shape index (κ2) is 18.2. The molecule has 56 heavy (non-hydrogen) atoms. The maximum absolute atomic E-state index is 14.9. The van der Waals surface area contributed by atoms with Crippen LogP contribution in [0.5, 0.6) is 0 Å². The van der Waals surface area contributed by atoms with Crippen molar-refractivity contribution < 1.29 is 32.6 Å². The maximum Gasteiger partial charge on any atom is 0.274 e. The highest BCUT2D eigenvalue weighted by Gasteiger charge is 2.29. The quantitative estimate of drug-likeness (QED) is 0.1000. The number of ketones is 1. The van der Waals surface area contributed by atoms with Gasteiger partial charge in [-0.3, -0.25) is 14.4 Å². The topological polar surface area (TPSA) is 160 Å². The molecule has 0 fully saturated rings. The van der Waals surface area contributed by atoms with Gasteiger partial charge < -0.3 is 24.6 Å². The summed E-state index contributed by atoms with van der Waals surface area (Å²) in [6, 6.07) is 21.5. The van der Waals surface area contributed by atoms with Gasteiger partial charge in [-0.15, -0.1) is 0 Å². The fourth-order valence-electron chi connectivity index (χ4n) is 7.01. The number of aliphatic hydroxyl groups excluding tert-OH is 1. The Morgan fingerprint density at radius 2 is 1.70 bits per heavy atom. The molecule has 1 aromatic heterocycles. The van der Waals surface area contributed by atoms with Crippen molar-refractivity contribution in [3.8, 4) is 11.4 Å². The van der Waals surface area contributed by atoms with Crippen LogP contribution in [0.25, 0.3) is 22.2 Å². The molecule has 0 spiro atoms. The van der Waals surface area contributed by atoms with Crippen molar-refractivity contribution >= 4 is 38.4 Å². The van der Waals surface area contributed by atoms with Crippen LogP contribution < -0.4 is 10.0 Å². The molecule has 4 aromatic carbocycles. The Balaban J connectivity index is 1.45. The molecule has 3 N–H and O–H groups in total. The third-order valence-electron chi connectivity index (χ3n) is 10.2. The SMILES string of the molecule is CCCCN(CCCC)C(=O)c1cn(CCOC)c(-c2ccc(C(=O)NS(=O)(=O)c3ccc4ccccc4c3)cc2C(=O)c2cccc3c2CC(CO)NC3)n1. The molecule has 0 bridgehead atoms. The third-order valence-corrected chi connectivity index (χ3v) is 11.5. The summed E-state index contributed by atoms with van der Waals surface area (Å²) in [5.41, 5.74) is 2.70. The van der Waals surface area contributed by atoms with Gasteiger partial charge in [0.1, 0.15) is 11.5 Å². The number of hydrogen-bond donors (Lipinski definition) is 3. The number of hydrogen-bond acceptors (Lipinski definition) is 9. The van der Waals surface area contributed by atoms with Crippen LogP contribution in [0.2, 0.25) is 0 Å². The van der Waals surface area contributed by atoms with Gasteiger partial charge in [0.15, 0.2) is 5.78 Å². The molecule has 0 aliphatic carbocycles. The fourth-order valence-corrected chi connectivity index (χ4v) is 8.02. The van der Waals surface area contributed by atoms with E-state index in [1.165, 1.54) is 24.3 Å². The van der Waals surface area contributed by atoms with Crippen molar-refractivity contribution in [3.05, 3.63) is 119 Å². The number of benzene rings is 4. The van der Waals surface area contributed by atoms with Crippen LogP contribution >= 0.6 is 0 Å². The zero-order chi connectivity index (χ0) is 39.8. The lowest BCUT2D eigenvalue weighted by molar-refractivity contribution is 0.0745. The van der Waals surface area contributed by atoms with Gasteiger partial charge in [-0.1, -0.05) is 75.2 Å². The first-order valence-electron chi connectivity index (χ1n) is 19.1. The molecule has 5 aromatic rings. The van der Waals surface area contributed by atoms with Crippen LogP contribution in [-0.4, -0.2) is 85.0 Å². The molecule has 0 saturated carbocycles. The number of unbranched alkanes of at least 4 members (excludes halogenated alkanes) is 2. The Morgan fingerprint density at radius 3 is 2.41 bits per heavy atom. The average molecular weight is 780 g/mol. The van der Waals surface area contributed by atoms with E-state index >= 15 is 0 Å². The predicted octanol–water partition coefficient (Wildman–Crippen LogP) is 5.75. The molecule has 12 nitrogen and oxygen atoms in total. The number of nitrogens with one attached hydrogen (secondary N) is 2. The zero-order valence-corrected chi connectivity index (χ0v) is 32.9. The van der Waals surface area contributed by atoms with E-state index in [4.69, 9.17) is 9.72 Å².